The highest BCUT2D eigenvalue weighted by Gasteiger charge is 2.35. The zero-order chi connectivity index (χ0) is 10.6. The average Bonchev–Trinajstić information content (AvgIpc) is 2.13. The maximum atomic E-state index is 12.9. The molecule has 0 fully saturated rings. The van der Waals surface area contributed by atoms with Crippen molar-refractivity contribution in [2.75, 3.05) is 0 Å². The number of hydrogen-bond donors (Lipinski definition) is 0. The topological polar surface area (TPSA) is 17.1 Å². The van der Waals surface area contributed by atoms with Gasteiger partial charge in [0.1, 0.15) is 5.78 Å². The maximum Gasteiger partial charge on any atom is 0.298 e. The number of carbonyl (C=O) groups excluding carboxylic acids is 1. The van der Waals surface area contributed by atoms with Crippen LogP contribution in [0.15, 0.2) is 11.9 Å². The zero-order valence-corrected chi connectivity index (χ0v) is 7.86. The summed E-state index contributed by atoms with van der Waals surface area (Å²) >= 11 is 0. The van der Waals surface area contributed by atoms with E-state index in [1.165, 1.54) is 0 Å². The molecule has 1 rings (SSSR count). The minimum atomic E-state index is -3.45. The quantitative estimate of drug-likeness (QED) is 0.593. The van der Waals surface area contributed by atoms with Crippen molar-refractivity contribution in [3.8, 4) is 0 Å². The first kappa shape index (κ1) is 11.3. The monoisotopic (exact) mass is 206 g/mol. The highest BCUT2D eigenvalue weighted by atomic mass is 19.3. The van der Waals surface area contributed by atoms with Crippen molar-refractivity contribution < 1.29 is 18.0 Å². The minimum absolute atomic E-state index is 0.195. The molecule has 1 nitrogen and oxygen atoms in total. The van der Waals surface area contributed by atoms with E-state index < -0.39 is 18.2 Å². The van der Waals surface area contributed by atoms with Gasteiger partial charge in [0.25, 0.3) is 5.92 Å². The van der Waals surface area contributed by atoms with Gasteiger partial charge in [-0.3, -0.25) is 4.79 Å². The summed E-state index contributed by atoms with van der Waals surface area (Å²) in [5.41, 5.74) is 0. The number of Topliss-reactive ketones (excluding diaryl/α,β-unsaturated/α-hetero) is 1. The fourth-order valence-corrected chi connectivity index (χ4v) is 1.39. The molecule has 80 valence electrons. The summed E-state index contributed by atoms with van der Waals surface area (Å²) in [6, 6.07) is 0. The first-order valence-electron chi connectivity index (χ1n) is 4.78. The Morgan fingerprint density at radius 2 is 1.93 bits per heavy atom. The van der Waals surface area contributed by atoms with Crippen LogP contribution in [0.3, 0.4) is 0 Å². The van der Waals surface area contributed by atoms with Crippen LogP contribution in [-0.2, 0) is 4.79 Å². The Balaban J connectivity index is 2.69. The van der Waals surface area contributed by atoms with E-state index in [4.69, 9.17) is 0 Å². The summed E-state index contributed by atoms with van der Waals surface area (Å²) in [5, 5.41) is 0. The average molecular weight is 206 g/mol. The Bertz CT molecular complexity index is 246. The van der Waals surface area contributed by atoms with Crippen LogP contribution in [-0.4, -0.2) is 11.7 Å². The van der Waals surface area contributed by atoms with Gasteiger partial charge in [0.2, 0.25) is 0 Å². The minimum Gasteiger partial charge on any atom is -0.300 e. The number of halogens is 3. The van der Waals surface area contributed by atoms with Crippen LogP contribution in [0.25, 0.3) is 0 Å². The van der Waals surface area contributed by atoms with Crippen LogP contribution in [0, 0.1) is 0 Å². The van der Waals surface area contributed by atoms with Crippen LogP contribution in [0.4, 0.5) is 13.2 Å². The summed E-state index contributed by atoms with van der Waals surface area (Å²) in [4.78, 5) is 11.0. The van der Waals surface area contributed by atoms with Gasteiger partial charge in [-0.05, 0) is 25.3 Å². The number of rotatable bonds is 0. The number of ketones is 1. The lowest BCUT2D eigenvalue weighted by Crippen LogP contribution is -2.19. The van der Waals surface area contributed by atoms with E-state index in [1.54, 1.807) is 0 Å². The molecule has 0 N–H and O–H groups in total. The summed E-state index contributed by atoms with van der Waals surface area (Å²) < 4.78 is 38.7. The first-order chi connectivity index (χ1) is 6.52. The standard InChI is InChI=1S/C10H13F3O/c11-9-5-3-1-2-4-8(14)6-7-10(9,12)13/h5H,1-4,6-7H2/b9-5-. The molecular formula is C10H13F3O. The molecule has 0 saturated carbocycles. The molecule has 0 aliphatic heterocycles. The van der Waals surface area contributed by atoms with Gasteiger partial charge in [-0.2, -0.15) is 8.78 Å². The van der Waals surface area contributed by atoms with Crippen molar-refractivity contribution in [1.29, 1.82) is 0 Å². The molecule has 0 spiro atoms. The predicted octanol–water partition coefficient (Wildman–Crippen LogP) is 3.40. The zero-order valence-electron chi connectivity index (χ0n) is 7.86. The molecule has 1 aliphatic rings. The van der Waals surface area contributed by atoms with Crippen LogP contribution >= 0.6 is 0 Å². The fraction of sp³-hybridized carbons (Fsp3) is 0.700. The Morgan fingerprint density at radius 1 is 1.21 bits per heavy atom. The van der Waals surface area contributed by atoms with Gasteiger partial charge in [0.05, 0.1) is 0 Å². The smallest absolute Gasteiger partial charge is 0.298 e. The summed E-state index contributed by atoms with van der Waals surface area (Å²) in [5.74, 6) is -5.03. The Hall–Kier alpha value is -0.800. The number of carbonyl (C=O) groups is 1. The van der Waals surface area contributed by atoms with Gasteiger partial charge in [0.15, 0.2) is 5.83 Å². The van der Waals surface area contributed by atoms with Crippen LogP contribution in [0.1, 0.15) is 38.5 Å². The Kier molecular flexibility index (Phi) is 3.72. The van der Waals surface area contributed by atoms with Crippen LogP contribution in [0.5, 0.6) is 0 Å². The molecule has 0 unspecified atom stereocenters. The molecule has 0 heterocycles. The van der Waals surface area contributed by atoms with E-state index >= 15 is 0 Å². The van der Waals surface area contributed by atoms with Crippen molar-refractivity contribution in [2.45, 2.75) is 44.4 Å². The lowest BCUT2D eigenvalue weighted by Gasteiger charge is -2.15. The third-order valence-electron chi connectivity index (χ3n) is 2.30. The lowest BCUT2D eigenvalue weighted by atomic mass is 10.0. The third-order valence-corrected chi connectivity index (χ3v) is 2.30. The third kappa shape index (κ3) is 3.16. The molecule has 0 atom stereocenters. The van der Waals surface area contributed by atoms with Gasteiger partial charge < -0.3 is 0 Å². The number of hydrogen-bond acceptors (Lipinski definition) is 1. The molecule has 4 heteroatoms. The van der Waals surface area contributed by atoms with Gasteiger partial charge in [0, 0.05) is 19.3 Å². The van der Waals surface area contributed by atoms with Gasteiger partial charge in [-0.1, -0.05) is 0 Å². The van der Waals surface area contributed by atoms with E-state index in [0.717, 1.165) is 6.08 Å². The second-order valence-electron chi connectivity index (χ2n) is 3.54. The van der Waals surface area contributed by atoms with E-state index in [2.05, 4.69) is 0 Å². The Labute approximate surface area is 81.0 Å². The van der Waals surface area contributed by atoms with Crippen molar-refractivity contribution in [1.82, 2.24) is 0 Å². The van der Waals surface area contributed by atoms with Gasteiger partial charge in [-0.15, -0.1) is 0 Å². The van der Waals surface area contributed by atoms with Crippen molar-refractivity contribution in [2.24, 2.45) is 0 Å². The second-order valence-corrected chi connectivity index (χ2v) is 3.54. The second kappa shape index (κ2) is 4.62. The number of alkyl halides is 2. The molecule has 0 radical (unpaired) electrons. The van der Waals surface area contributed by atoms with E-state index in [1.807, 2.05) is 0 Å². The fourth-order valence-electron chi connectivity index (χ4n) is 1.39. The molecular weight excluding hydrogens is 193 g/mol. The lowest BCUT2D eigenvalue weighted by molar-refractivity contribution is -0.121. The first-order valence-corrected chi connectivity index (χ1v) is 4.78. The molecule has 0 aromatic carbocycles. The van der Waals surface area contributed by atoms with Crippen molar-refractivity contribution in [3.05, 3.63) is 11.9 Å². The molecule has 1 aliphatic carbocycles. The summed E-state index contributed by atoms with van der Waals surface area (Å²) in [6.45, 7) is 0. The van der Waals surface area contributed by atoms with Gasteiger partial charge in [-0.25, -0.2) is 4.39 Å². The molecule has 0 amide bonds. The van der Waals surface area contributed by atoms with E-state index in [9.17, 15) is 18.0 Å². The molecule has 14 heavy (non-hydrogen) atoms. The number of allylic oxidation sites excluding steroid dienone is 2. The van der Waals surface area contributed by atoms with Crippen LogP contribution in [0.2, 0.25) is 0 Å². The molecule has 0 aromatic rings. The van der Waals surface area contributed by atoms with Gasteiger partial charge >= 0.3 is 0 Å². The highest BCUT2D eigenvalue weighted by Crippen LogP contribution is 2.31. The van der Waals surface area contributed by atoms with Crippen molar-refractivity contribution in [3.63, 3.8) is 0 Å². The predicted molar refractivity (Wildman–Crippen MR) is 46.8 cm³/mol. The van der Waals surface area contributed by atoms with Crippen LogP contribution < -0.4 is 0 Å². The molecule has 0 aromatic heterocycles. The highest BCUT2D eigenvalue weighted by molar-refractivity contribution is 5.78. The summed E-state index contributed by atoms with van der Waals surface area (Å²) in [6.07, 6.45) is 1.89. The molecule has 0 bridgehead atoms. The largest absolute Gasteiger partial charge is 0.300 e. The van der Waals surface area contributed by atoms with E-state index in [0.29, 0.717) is 19.3 Å². The maximum absolute atomic E-state index is 12.9. The summed E-state index contributed by atoms with van der Waals surface area (Å²) in [7, 11) is 0. The van der Waals surface area contributed by atoms with Crippen molar-refractivity contribution >= 4 is 5.78 Å². The normalized spacial score (nSPS) is 27.9. The van der Waals surface area contributed by atoms with E-state index in [-0.39, 0.29) is 18.6 Å². The molecule has 0 saturated heterocycles. The SMILES string of the molecule is O=C1CCCC/C=C(\F)C(F)(F)CC1. The Morgan fingerprint density at radius 3 is 2.64 bits per heavy atom.